The van der Waals surface area contributed by atoms with Crippen LogP contribution in [-0.2, 0) is 14.3 Å². The van der Waals surface area contributed by atoms with Crippen LogP contribution in [0.25, 0.3) is 0 Å². The number of aliphatic hydroxyl groups excluding tert-OH is 2. The van der Waals surface area contributed by atoms with Gasteiger partial charge in [-0.3, -0.25) is 9.59 Å². The quantitative estimate of drug-likeness (QED) is 0.0321. The highest BCUT2D eigenvalue weighted by molar-refractivity contribution is 5.76. The minimum atomic E-state index is -0.848. The van der Waals surface area contributed by atoms with Gasteiger partial charge < -0.3 is 20.3 Å². The van der Waals surface area contributed by atoms with Crippen LogP contribution < -0.4 is 5.32 Å². The van der Waals surface area contributed by atoms with Gasteiger partial charge in [0.1, 0.15) is 0 Å². The van der Waals surface area contributed by atoms with E-state index in [-0.39, 0.29) is 18.5 Å². The Kier molecular flexibility index (Phi) is 59.0. The Morgan fingerprint density at radius 2 is 0.657 bits per heavy atom. The highest BCUT2D eigenvalue weighted by Gasteiger charge is 2.18. The predicted molar refractivity (Wildman–Crippen MR) is 306 cm³/mol. The number of nitrogens with one attached hydrogen (secondary N) is 1. The molecule has 0 aromatic carbocycles. The number of hydrogen-bond acceptors (Lipinski definition) is 5. The molecule has 0 spiro atoms. The fourth-order valence-corrected chi connectivity index (χ4v) is 10.2. The molecule has 0 bridgehead atoms. The molecule has 2 atom stereocenters. The van der Waals surface area contributed by atoms with Gasteiger partial charge in [-0.1, -0.05) is 328 Å². The summed E-state index contributed by atoms with van der Waals surface area (Å²) in [4.78, 5) is 24.5. The van der Waals surface area contributed by atoms with Crippen molar-refractivity contribution in [3.05, 3.63) is 12.2 Å². The first-order chi connectivity index (χ1) is 34.5. The van der Waals surface area contributed by atoms with Gasteiger partial charge in [-0.2, -0.15) is 0 Å². The molecule has 0 aromatic heterocycles. The molecule has 0 aliphatic heterocycles. The molecule has 0 saturated heterocycles. The summed E-state index contributed by atoms with van der Waals surface area (Å²) in [5.74, 6) is -0.0627. The molecule has 0 radical (unpaired) electrons. The van der Waals surface area contributed by atoms with Crippen molar-refractivity contribution >= 4 is 11.9 Å². The molecular formula is C64H125NO5. The van der Waals surface area contributed by atoms with Crippen molar-refractivity contribution in [3.63, 3.8) is 0 Å². The van der Waals surface area contributed by atoms with Gasteiger partial charge in [0.15, 0.2) is 0 Å². The van der Waals surface area contributed by atoms with Gasteiger partial charge in [-0.25, -0.2) is 0 Å². The molecule has 0 saturated carbocycles. The maximum atomic E-state index is 12.5. The fraction of sp³-hybridized carbons (Fsp3) is 0.938. The van der Waals surface area contributed by atoms with E-state index in [1.165, 1.54) is 289 Å². The summed E-state index contributed by atoms with van der Waals surface area (Å²) in [6, 6.07) is -0.632. The Balaban J connectivity index is 3.44. The summed E-state index contributed by atoms with van der Waals surface area (Å²) in [7, 11) is 0. The summed E-state index contributed by atoms with van der Waals surface area (Å²) >= 11 is 0. The summed E-state index contributed by atoms with van der Waals surface area (Å²) in [5.41, 5.74) is 0. The second kappa shape index (κ2) is 60.2. The third-order valence-electron chi connectivity index (χ3n) is 15.1. The van der Waals surface area contributed by atoms with Crippen molar-refractivity contribution in [3.8, 4) is 0 Å². The first kappa shape index (κ1) is 68.6. The molecule has 0 heterocycles. The van der Waals surface area contributed by atoms with Crippen LogP contribution in [-0.4, -0.2) is 47.4 Å². The molecule has 416 valence electrons. The van der Waals surface area contributed by atoms with Gasteiger partial charge in [0, 0.05) is 12.8 Å². The topological polar surface area (TPSA) is 95.9 Å². The Labute approximate surface area is 438 Å². The summed E-state index contributed by atoms with van der Waals surface area (Å²) < 4.78 is 5.47. The van der Waals surface area contributed by atoms with Crippen LogP contribution in [0.2, 0.25) is 0 Å². The number of aliphatic hydroxyl groups is 2. The lowest BCUT2D eigenvalue weighted by molar-refractivity contribution is -0.143. The Morgan fingerprint density at radius 3 is 0.971 bits per heavy atom. The van der Waals surface area contributed by atoms with E-state index in [4.69, 9.17) is 4.74 Å². The van der Waals surface area contributed by atoms with Crippen molar-refractivity contribution in [2.75, 3.05) is 13.2 Å². The maximum absolute atomic E-state index is 12.5. The number of rotatable bonds is 60. The van der Waals surface area contributed by atoms with Gasteiger partial charge in [-0.15, -0.1) is 0 Å². The number of amides is 1. The number of esters is 1. The first-order valence-corrected chi connectivity index (χ1v) is 32.0. The normalized spacial score (nSPS) is 12.6. The number of hydrogen-bond donors (Lipinski definition) is 3. The molecule has 0 aromatic rings. The Morgan fingerprint density at radius 1 is 0.386 bits per heavy atom. The van der Waals surface area contributed by atoms with Crippen molar-refractivity contribution in [1.82, 2.24) is 5.32 Å². The SMILES string of the molecule is CCCCCCCCCCCCCCCCCCCCCCCC/C=C/C(O)C(CO)NC(=O)CCCCCCCCCCCCCCCCCCCOC(=O)CCCCCCCCCCCCCC. The summed E-state index contributed by atoms with van der Waals surface area (Å²) in [5, 5.41) is 23.2. The van der Waals surface area contributed by atoms with Crippen molar-refractivity contribution in [2.24, 2.45) is 0 Å². The Hall–Kier alpha value is -1.40. The van der Waals surface area contributed by atoms with Gasteiger partial charge in [0.25, 0.3) is 0 Å². The lowest BCUT2D eigenvalue weighted by Crippen LogP contribution is -2.45. The molecule has 3 N–H and O–H groups in total. The molecule has 6 heteroatoms. The highest BCUT2D eigenvalue weighted by atomic mass is 16.5. The van der Waals surface area contributed by atoms with E-state index in [2.05, 4.69) is 19.2 Å². The van der Waals surface area contributed by atoms with Gasteiger partial charge in [0.2, 0.25) is 5.91 Å². The molecule has 0 aliphatic carbocycles. The molecule has 70 heavy (non-hydrogen) atoms. The third-order valence-corrected chi connectivity index (χ3v) is 15.1. The largest absolute Gasteiger partial charge is 0.466 e. The molecule has 2 unspecified atom stereocenters. The van der Waals surface area contributed by atoms with Crippen LogP contribution in [0.1, 0.15) is 361 Å². The molecule has 0 aliphatic rings. The van der Waals surface area contributed by atoms with Gasteiger partial charge >= 0.3 is 5.97 Å². The molecule has 1 amide bonds. The third kappa shape index (κ3) is 55.9. The van der Waals surface area contributed by atoms with E-state index >= 15 is 0 Å². The van der Waals surface area contributed by atoms with Gasteiger partial charge in [0.05, 0.1) is 25.4 Å². The average molecular weight is 989 g/mol. The lowest BCUT2D eigenvalue weighted by Gasteiger charge is -2.20. The van der Waals surface area contributed by atoms with Crippen molar-refractivity contribution in [1.29, 1.82) is 0 Å². The van der Waals surface area contributed by atoms with E-state index < -0.39 is 12.1 Å². The summed E-state index contributed by atoms with van der Waals surface area (Å²) in [6.07, 6.45) is 72.5. The molecule has 0 fully saturated rings. The van der Waals surface area contributed by atoms with Crippen molar-refractivity contribution < 1.29 is 24.5 Å². The standard InChI is InChI=1S/C64H125NO5/c1-3-5-7-9-11-13-15-17-18-19-20-21-22-23-24-25-27-30-33-36-40-44-48-52-56-62(67)61(60-66)65-63(68)57-53-49-45-41-37-34-31-28-26-29-32-35-39-43-47-51-55-59-70-64(69)58-54-50-46-42-38-16-14-12-10-8-6-4-2/h52,56,61-62,66-67H,3-51,53-55,57-60H2,1-2H3,(H,65,68)/b56-52+. The van der Waals surface area contributed by atoms with Crippen LogP contribution in [0, 0.1) is 0 Å². The smallest absolute Gasteiger partial charge is 0.305 e. The molecular weight excluding hydrogens is 863 g/mol. The number of ether oxygens (including phenoxy) is 1. The van der Waals surface area contributed by atoms with E-state index in [9.17, 15) is 19.8 Å². The Bertz CT molecular complexity index is 1050. The van der Waals surface area contributed by atoms with Crippen molar-refractivity contribution in [2.45, 2.75) is 373 Å². The van der Waals surface area contributed by atoms with E-state index in [0.29, 0.717) is 19.4 Å². The number of allylic oxidation sites excluding steroid dienone is 1. The minimum Gasteiger partial charge on any atom is -0.466 e. The zero-order chi connectivity index (χ0) is 50.7. The van der Waals surface area contributed by atoms with E-state index in [1.807, 2.05) is 6.08 Å². The van der Waals surface area contributed by atoms with Crippen LogP contribution in [0.5, 0.6) is 0 Å². The van der Waals surface area contributed by atoms with Crippen LogP contribution in [0.15, 0.2) is 12.2 Å². The molecule has 6 nitrogen and oxygen atoms in total. The van der Waals surface area contributed by atoms with E-state index in [0.717, 1.165) is 44.9 Å². The minimum absolute atomic E-state index is 0.00617. The first-order valence-electron chi connectivity index (χ1n) is 32.0. The highest BCUT2D eigenvalue weighted by Crippen LogP contribution is 2.18. The number of unbranched alkanes of at least 4 members (excludes halogenated alkanes) is 49. The van der Waals surface area contributed by atoms with E-state index in [1.54, 1.807) is 6.08 Å². The number of carbonyl (C=O) groups is 2. The lowest BCUT2D eigenvalue weighted by atomic mass is 10.0. The summed E-state index contributed by atoms with van der Waals surface area (Å²) in [6.45, 7) is 4.92. The maximum Gasteiger partial charge on any atom is 0.305 e. The zero-order valence-electron chi connectivity index (χ0n) is 47.5. The average Bonchev–Trinajstić information content (AvgIpc) is 3.36. The van der Waals surface area contributed by atoms with Crippen LogP contribution >= 0.6 is 0 Å². The molecule has 0 rings (SSSR count). The second-order valence-corrected chi connectivity index (χ2v) is 22.1. The monoisotopic (exact) mass is 988 g/mol. The van der Waals surface area contributed by atoms with Crippen LogP contribution in [0.3, 0.4) is 0 Å². The fourth-order valence-electron chi connectivity index (χ4n) is 10.2. The number of carbonyl (C=O) groups excluding carboxylic acids is 2. The van der Waals surface area contributed by atoms with Crippen LogP contribution in [0.4, 0.5) is 0 Å². The predicted octanol–water partition coefficient (Wildman–Crippen LogP) is 20.0. The van der Waals surface area contributed by atoms with Gasteiger partial charge in [-0.05, 0) is 32.1 Å². The zero-order valence-corrected chi connectivity index (χ0v) is 47.5. The second-order valence-electron chi connectivity index (χ2n) is 22.1.